The number of benzene rings is 1. The quantitative estimate of drug-likeness (QED) is 0.907. The molecule has 0 spiro atoms. The summed E-state index contributed by atoms with van der Waals surface area (Å²) in [7, 11) is 0. The van der Waals surface area contributed by atoms with Crippen molar-refractivity contribution in [3.63, 3.8) is 0 Å². The van der Waals surface area contributed by atoms with Gasteiger partial charge in [-0.05, 0) is 12.1 Å². The number of aromatic nitrogens is 2. The number of hydrogen-bond donors (Lipinski definition) is 1. The van der Waals surface area contributed by atoms with Gasteiger partial charge in [0.25, 0.3) is 5.91 Å². The molecule has 7 heteroatoms. The monoisotopic (exact) mass is 339 g/mol. The first-order valence-electron chi connectivity index (χ1n) is 8.56. The molecule has 0 saturated carbocycles. The average Bonchev–Trinajstić information content (AvgIpc) is 3.26. The number of guanidine groups is 1. The maximum atomic E-state index is 12.7. The average molecular weight is 339 g/mol. The molecule has 0 unspecified atom stereocenters. The molecule has 25 heavy (non-hydrogen) atoms. The van der Waals surface area contributed by atoms with Gasteiger partial charge in [-0.1, -0.05) is 32.0 Å². The van der Waals surface area contributed by atoms with Gasteiger partial charge in [0.2, 0.25) is 5.96 Å². The van der Waals surface area contributed by atoms with Crippen LogP contribution in [-0.2, 0) is 0 Å². The van der Waals surface area contributed by atoms with Crippen molar-refractivity contribution >= 4 is 17.7 Å². The number of ether oxygens (including phenoxy) is 1. The largest absolute Gasteiger partial charge is 0.492 e. The third-order valence-electron chi connectivity index (χ3n) is 4.35. The number of nitrogens with zero attached hydrogens (tertiary/aromatic N) is 4. The van der Waals surface area contributed by atoms with Crippen LogP contribution in [0.2, 0.25) is 0 Å². The van der Waals surface area contributed by atoms with Crippen molar-refractivity contribution < 1.29 is 9.53 Å². The molecule has 1 amide bonds. The van der Waals surface area contributed by atoms with Crippen LogP contribution < -0.4 is 9.64 Å². The van der Waals surface area contributed by atoms with Gasteiger partial charge in [0, 0.05) is 12.5 Å². The molecule has 0 saturated heterocycles. The number of carbonyl (C=O) groups is 1. The zero-order valence-corrected chi connectivity index (χ0v) is 14.4. The number of anilines is 1. The van der Waals surface area contributed by atoms with E-state index in [2.05, 4.69) is 28.8 Å². The molecular weight excluding hydrogens is 318 g/mol. The minimum Gasteiger partial charge on any atom is -0.492 e. The van der Waals surface area contributed by atoms with Gasteiger partial charge in [-0.3, -0.25) is 19.6 Å². The number of aliphatic imine (C=N–C) groups is 1. The van der Waals surface area contributed by atoms with E-state index >= 15 is 0 Å². The summed E-state index contributed by atoms with van der Waals surface area (Å²) in [5, 5.41) is 0. The predicted octanol–water partition coefficient (Wildman–Crippen LogP) is 2.24. The summed E-state index contributed by atoms with van der Waals surface area (Å²) in [6.07, 6.45) is 0. The topological polar surface area (TPSA) is 73.8 Å². The molecule has 2 aliphatic rings. The summed E-state index contributed by atoms with van der Waals surface area (Å²) in [5.41, 5.74) is 0.546. The highest BCUT2D eigenvalue weighted by Crippen LogP contribution is 2.30. The molecule has 3 heterocycles. The molecule has 0 fully saturated rings. The Morgan fingerprint density at radius 3 is 2.84 bits per heavy atom. The van der Waals surface area contributed by atoms with E-state index in [9.17, 15) is 4.79 Å². The van der Waals surface area contributed by atoms with Crippen molar-refractivity contribution in [2.45, 2.75) is 19.8 Å². The Hall–Kier alpha value is -2.83. The predicted molar refractivity (Wildman–Crippen MR) is 95.3 cm³/mol. The van der Waals surface area contributed by atoms with Gasteiger partial charge in [-0.2, -0.15) is 0 Å². The van der Waals surface area contributed by atoms with E-state index in [-0.39, 0.29) is 11.8 Å². The molecule has 1 aromatic carbocycles. The maximum Gasteiger partial charge on any atom is 0.280 e. The molecule has 130 valence electrons. The van der Waals surface area contributed by atoms with Gasteiger partial charge in [0.15, 0.2) is 5.82 Å². The summed E-state index contributed by atoms with van der Waals surface area (Å²) in [5.74, 6) is 3.14. The first kappa shape index (κ1) is 15.7. The Kier molecular flexibility index (Phi) is 3.91. The van der Waals surface area contributed by atoms with Crippen molar-refractivity contribution in [2.24, 2.45) is 4.99 Å². The third kappa shape index (κ3) is 2.75. The van der Waals surface area contributed by atoms with Crippen molar-refractivity contribution in [3.05, 3.63) is 41.9 Å². The summed E-state index contributed by atoms with van der Waals surface area (Å²) in [6.45, 7) is 6.39. The smallest absolute Gasteiger partial charge is 0.280 e. The summed E-state index contributed by atoms with van der Waals surface area (Å²) < 4.78 is 5.82. The highest BCUT2D eigenvalue weighted by atomic mass is 16.5. The van der Waals surface area contributed by atoms with Gasteiger partial charge in [0.1, 0.15) is 23.9 Å². The molecule has 1 N–H and O–H groups in total. The van der Waals surface area contributed by atoms with Crippen LogP contribution in [0, 0.1) is 0 Å². The van der Waals surface area contributed by atoms with E-state index in [1.807, 2.05) is 35.2 Å². The van der Waals surface area contributed by atoms with E-state index < -0.39 is 0 Å². The molecule has 0 radical (unpaired) electrons. The maximum absolute atomic E-state index is 12.7. The van der Waals surface area contributed by atoms with Crippen molar-refractivity contribution in [2.75, 3.05) is 31.1 Å². The lowest BCUT2D eigenvalue weighted by atomic mass is 10.2. The highest BCUT2D eigenvalue weighted by Gasteiger charge is 2.40. The molecular formula is C18H21N5O2. The number of nitrogens with one attached hydrogen (secondary N) is 1. The highest BCUT2D eigenvalue weighted by molar-refractivity contribution is 6.17. The second-order valence-corrected chi connectivity index (χ2v) is 6.43. The Balaban J connectivity index is 1.59. The molecule has 0 aliphatic carbocycles. The molecule has 2 aromatic rings. The summed E-state index contributed by atoms with van der Waals surface area (Å²) >= 11 is 0. The fourth-order valence-electron chi connectivity index (χ4n) is 3.07. The SMILES string of the molecule is CC(C)c1nc2c([nH]1)C(=O)N1CCN=C1N2CCOc1ccccc1. The lowest BCUT2D eigenvalue weighted by Crippen LogP contribution is -2.51. The number of amides is 1. The number of H-pyrrole nitrogens is 1. The van der Waals surface area contributed by atoms with E-state index in [4.69, 9.17) is 4.74 Å². The zero-order chi connectivity index (χ0) is 17.4. The third-order valence-corrected chi connectivity index (χ3v) is 4.35. The Morgan fingerprint density at radius 1 is 1.28 bits per heavy atom. The van der Waals surface area contributed by atoms with Crippen LogP contribution in [0.4, 0.5) is 5.82 Å². The van der Waals surface area contributed by atoms with Crippen molar-refractivity contribution in [1.82, 2.24) is 14.9 Å². The van der Waals surface area contributed by atoms with Crippen LogP contribution in [0.3, 0.4) is 0 Å². The summed E-state index contributed by atoms with van der Waals surface area (Å²) in [4.78, 5) is 28.7. The van der Waals surface area contributed by atoms with Gasteiger partial charge in [-0.25, -0.2) is 4.98 Å². The zero-order valence-electron chi connectivity index (χ0n) is 14.4. The Bertz CT molecular complexity index is 812. The fourth-order valence-corrected chi connectivity index (χ4v) is 3.07. The lowest BCUT2D eigenvalue weighted by molar-refractivity contribution is 0.0846. The van der Waals surface area contributed by atoms with Gasteiger partial charge in [-0.15, -0.1) is 0 Å². The Labute approximate surface area is 146 Å². The standard InChI is InChI=1S/C18H21N5O2/c1-12(2)15-20-14-16(21-15)22(18-19-8-9-23(18)17(14)24)10-11-25-13-6-4-3-5-7-13/h3-7,12H,8-11H2,1-2H3,(H,20,21). The Morgan fingerprint density at radius 2 is 2.08 bits per heavy atom. The number of carbonyl (C=O) groups excluding carboxylic acids is 1. The first-order valence-corrected chi connectivity index (χ1v) is 8.56. The molecule has 0 atom stereocenters. The van der Waals surface area contributed by atoms with Crippen LogP contribution in [0.25, 0.3) is 0 Å². The van der Waals surface area contributed by atoms with Crippen LogP contribution in [-0.4, -0.2) is 53.0 Å². The summed E-state index contributed by atoms with van der Waals surface area (Å²) in [6, 6.07) is 9.69. The van der Waals surface area contributed by atoms with Gasteiger partial charge < -0.3 is 9.72 Å². The van der Waals surface area contributed by atoms with Crippen LogP contribution in [0.1, 0.15) is 36.1 Å². The second-order valence-electron chi connectivity index (χ2n) is 6.43. The second kappa shape index (κ2) is 6.23. The van der Waals surface area contributed by atoms with Crippen LogP contribution >= 0.6 is 0 Å². The molecule has 7 nitrogen and oxygen atoms in total. The fraction of sp³-hybridized carbons (Fsp3) is 0.389. The minimum atomic E-state index is -0.0501. The number of fused-ring (bicyclic) bond motifs is 2. The van der Waals surface area contributed by atoms with Gasteiger partial charge in [0.05, 0.1) is 13.1 Å². The molecule has 1 aromatic heterocycles. The van der Waals surface area contributed by atoms with Crippen LogP contribution in [0.5, 0.6) is 5.75 Å². The number of hydrogen-bond acceptors (Lipinski definition) is 5. The molecule has 2 aliphatic heterocycles. The van der Waals surface area contributed by atoms with E-state index in [0.29, 0.717) is 43.7 Å². The lowest BCUT2D eigenvalue weighted by Gasteiger charge is -2.32. The van der Waals surface area contributed by atoms with E-state index in [0.717, 1.165) is 11.6 Å². The van der Waals surface area contributed by atoms with Crippen molar-refractivity contribution in [3.8, 4) is 5.75 Å². The van der Waals surface area contributed by atoms with E-state index in [1.165, 1.54) is 0 Å². The first-order chi connectivity index (χ1) is 12.1. The van der Waals surface area contributed by atoms with Gasteiger partial charge >= 0.3 is 0 Å². The van der Waals surface area contributed by atoms with Crippen LogP contribution in [0.15, 0.2) is 35.3 Å². The number of rotatable bonds is 5. The number of para-hydroxylation sites is 1. The number of aromatic amines is 1. The molecule has 4 rings (SSSR count). The minimum absolute atomic E-state index is 0.0501. The van der Waals surface area contributed by atoms with Crippen molar-refractivity contribution in [1.29, 1.82) is 0 Å². The molecule has 0 bridgehead atoms. The number of imidazole rings is 1. The van der Waals surface area contributed by atoms with E-state index in [1.54, 1.807) is 4.90 Å². The normalized spacial score (nSPS) is 16.1.